The number of nitrogens with two attached hydrogens (primary N) is 1. The lowest BCUT2D eigenvalue weighted by Crippen LogP contribution is -2.27. The van der Waals surface area contributed by atoms with E-state index < -0.39 is 0 Å². The molecule has 1 aromatic carbocycles. The molecule has 0 atom stereocenters. The Hall–Kier alpha value is -2.12. The standard InChI is InChI=1S/C18H20N4OS2/c1-3-12-4-6-13(7-5-12)10-22(2)15(23)11-25-18-20-16(19)14-8-9-24-17(14)21-18/h4-9H,3,10-11H2,1-2H3,(H2,19,20,21). The minimum atomic E-state index is 0.0398. The van der Waals surface area contributed by atoms with Gasteiger partial charge in [0, 0.05) is 13.6 Å². The fourth-order valence-corrected chi connectivity index (χ4v) is 4.02. The van der Waals surface area contributed by atoms with E-state index in [1.165, 1.54) is 28.7 Å². The van der Waals surface area contributed by atoms with Crippen LogP contribution in [0.15, 0.2) is 40.9 Å². The molecule has 0 radical (unpaired) electrons. The summed E-state index contributed by atoms with van der Waals surface area (Å²) in [5.41, 5.74) is 8.36. The van der Waals surface area contributed by atoms with Crippen LogP contribution >= 0.6 is 23.1 Å². The molecule has 25 heavy (non-hydrogen) atoms. The minimum absolute atomic E-state index is 0.0398. The van der Waals surface area contributed by atoms with Gasteiger partial charge in [-0.25, -0.2) is 9.97 Å². The third-order valence-corrected chi connectivity index (χ3v) is 5.57. The average Bonchev–Trinajstić information content (AvgIpc) is 3.09. The first-order valence-corrected chi connectivity index (χ1v) is 9.88. The Morgan fingerprint density at radius 3 is 2.64 bits per heavy atom. The van der Waals surface area contributed by atoms with Crippen LogP contribution in [0.25, 0.3) is 10.2 Å². The summed E-state index contributed by atoms with van der Waals surface area (Å²) in [4.78, 5) is 23.7. The Morgan fingerprint density at radius 2 is 1.92 bits per heavy atom. The van der Waals surface area contributed by atoms with Gasteiger partial charge in [0.05, 0.1) is 11.1 Å². The van der Waals surface area contributed by atoms with E-state index in [4.69, 9.17) is 5.73 Å². The van der Waals surface area contributed by atoms with Gasteiger partial charge >= 0.3 is 0 Å². The highest BCUT2D eigenvalue weighted by Crippen LogP contribution is 2.26. The van der Waals surface area contributed by atoms with Crippen molar-refractivity contribution in [3.63, 3.8) is 0 Å². The summed E-state index contributed by atoms with van der Waals surface area (Å²) in [6.45, 7) is 2.72. The van der Waals surface area contributed by atoms with E-state index in [-0.39, 0.29) is 5.91 Å². The van der Waals surface area contributed by atoms with Crippen molar-refractivity contribution >= 4 is 45.0 Å². The van der Waals surface area contributed by atoms with E-state index in [9.17, 15) is 4.79 Å². The van der Waals surface area contributed by atoms with Crippen LogP contribution in [0.2, 0.25) is 0 Å². The van der Waals surface area contributed by atoms with E-state index in [1.54, 1.807) is 4.90 Å². The summed E-state index contributed by atoms with van der Waals surface area (Å²) in [5, 5.41) is 3.35. The summed E-state index contributed by atoms with van der Waals surface area (Å²) in [5.74, 6) is 0.795. The second-order valence-corrected chi connectivity index (χ2v) is 7.58. The Kier molecular flexibility index (Phi) is 5.55. The maximum Gasteiger partial charge on any atom is 0.233 e. The number of benzene rings is 1. The van der Waals surface area contributed by atoms with Crippen molar-refractivity contribution < 1.29 is 4.79 Å². The molecule has 0 aliphatic carbocycles. The number of hydrogen-bond acceptors (Lipinski definition) is 6. The topological polar surface area (TPSA) is 72.1 Å². The zero-order chi connectivity index (χ0) is 17.8. The number of hydrogen-bond donors (Lipinski definition) is 1. The summed E-state index contributed by atoms with van der Waals surface area (Å²) in [6, 6.07) is 10.3. The number of nitrogen functional groups attached to an aromatic ring is 1. The fourth-order valence-electron chi connectivity index (χ4n) is 2.40. The highest BCUT2D eigenvalue weighted by Gasteiger charge is 2.13. The molecule has 7 heteroatoms. The van der Waals surface area contributed by atoms with Gasteiger partial charge in [0.15, 0.2) is 5.16 Å². The predicted octanol–water partition coefficient (Wildman–Crippen LogP) is 3.59. The predicted molar refractivity (Wildman–Crippen MR) is 105 cm³/mol. The van der Waals surface area contributed by atoms with Gasteiger partial charge in [0.25, 0.3) is 0 Å². The van der Waals surface area contributed by atoms with Gasteiger partial charge in [-0.15, -0.1) is 11.3 Å². The van der Waals surface area contributed by atoms with Crippen molar-refractivity contribution in [2.45, 2.75) is 25.0 Å². The number of anilines is 1. The van der Waals surface area contributed by atoms with Crippen molar-refractivity contribution in [1.82, 2.24) is 14.9 Å². The lowest BCUT2D eigenvalue weighted by Gasteiger charge is -2.17. The zero-order valence-electron chi connectivity index (χ0n) is 14.2. The van der Waals surface area contributed by atoms with Crippen LogP contribution in [0.3, 0.4) is 0 Å². The third-order valence-electron chi connectivity index (χ3n) is 3.94. The second-order valence-electron chi connectivity index (χ2n) is 5.74. The molecule has 0 unspecified atom stereocenters. The summed E-state index contributed by atoms with van der Waals surface area (Å²) < 4.78 is 0. The number of fused-ring (bicyclic) bond motifs is 1. The molecule has 0 aliphatic heterocycles. The Morgan fingerprint density at radius 1 is 1.20 bits per heavy atom. The molecule has 130 valence electrons. The molecule has 2 N–H and O–H groups in total. The lowest BCUT2D eigenvalue weighted by atomic mass is 10.1. The number of rotatable bonds is 6. The molecule has 0 saturated carbocycles. The van der Waals surface area contributed by atoms with E-state index >= 15 is 0 Å². The molecule has 1 amide bonds. The van der Waals surface area contributed by atoms with Crippen LogP contribution in [0.4, 0.5) is 5.82 Å². The highest BCUT2D eigenvalue weighted by molar-refractivity contribution is 7.99. The molecular formula is C18H20N4OS2. The number of carbonyl (C=O) groups is 1. The van der Waals surface area contributed by atoms with Crippen molar-refractivity contribution in [2.75, 3.05) is 18.5 Å². The van der Waals surface area contributed by atoms with Gasteiger partial charge in [0.2, 0.25) is 5.91 Å². The van der Waals surface area contributed by atoms with Crippen LogP contribution in [-0.4, -0.2) is 33.6 Å². The van der Waals surface area contributed by atoms with Crippen LogP contribution in [0, 0.1) is 0 Å². The van der Waals surface area contributed by atoms with E-state index in [1.807, 2.05) is 18.5 Å². The van der Waals surface area contributed by atoms with E-state index in [0.29, 0.717) is 23.3 Å². The molecule has 3 aromatic rings. The maximum atomic E-state index is 12.4. The number of thiophene rings is 1. The molecular weight excluding hydrogens is 352 g/mol. The molecule has 2 heterocycles. The first-order valence-electron chi connectivity index (χ1n) is 8.02. The van der Waals surface area contributed by atoms with E-state index in [2.05, 4.69) is 41.2 Å². The molecule has 0 spiro atoms. The Bertz CT molecular complexity index is 876. The average molecular weight is 373 g/mol. The molecule has 3 rings (SSSR count). The fraction of sp³-hybridized carbons (Fsp3) is 0.278. The quantitative estimate of drug-likeness (QED) is 0.529. The van der Waals surface area contributed by atoms with Gasteiger partial charge in [-0.1, -0.05) is 43.0 Å². The number of carbonyl (C=O) groups excluding carboxylic acids is 1. The van der Waals surface area contributed by atoms with Crippen LogP contribution < -0.4 is 5.73 Å². The monoisotopic (exact) mass is 372 g/mol. The highest BCUT2D eigenvalue weighted by atomic mass is 32.2. The summed E-state index contributed by atoms with van der Waals surface area (Å²) in [7, 11) is 1.81. The van der Waals surface area contributed by atoms with E-state index in [0.717, 1.165) is 22.2 Å². The molecule has 0 fully saturated rings. The van der Waals surface area contributed by atoms with Crippen molar-refractivity contribution in [3.8, 4) is 0 Å². The number of aromatic nitrogens is 2. The van der Waals surface area contributed by atoms with Crippen molar-refractivity contribution in [1.29, 1.82) is 0 Å². The molecule has 5 nitrogen and oxygen atoms in total. The second kappa shape index (κ2) is 7.84. The Balaban J connectivity index is 1.58. The van der Waals surface area contributed by atoms with Crippen LogP contribution in [0.1, 0.15) is 18.1 Å². The first-order chi connectivity index (χ1) is 12.1. The molecule has 2 aromatic heterocycles. The number of aryl methyl sites for hydroxylation is 1. The van der Waals surface area contributed by atoms with Crippen LogP contribution in [0.5, 0.6) is 0 Å². The Labute approximate surface area is 155 Å². The number of nitrogens with zero attached hydrogens (tertiary/aromatic N) is 3. The van der Waals surface area contributed by atoms with Gasteiger partial charge in [-0.3, -0.25) is 4.79 Å². The van der Waals surface area contributed by atoms with Gasteiger partial charge in [0.1, 0.15) is 10.6 Å². The minimum Gasteiger partial charge on any atom is -0.383 e. The maximum absolute atomic E-state index is 12.4. The molecule has 0 saturated heterocycles. The van der Waals surface area contributed by atoms with Crippen LogP contribution in [-0.2, 0) is 17.8 Å². The molecule has 0 bridgehead atoms. The zero-order valence-corrected chi connectivity index (χ0v) is 15.9. The van der Waals surface area contributed by atoms with Gasteiger partial charge in [-0.05, 0) is 29.0 Å². The SMILES string of the molecule is CCc1ccc(CN(C)C(=O)CSc2nc(N)c3ccsc3n2)cc1. The molecule has 0 aliphatic rings. The normalized spacial score (nSPS) is 11.0. The lowest BCUT2D eigenvalue weighted by molar-refractivity contribution is -0.127. The van der Waals surface area contributed by atoms with Crippen molar-refractivity contribution in [2.24, 2.45) is 0 Å². The van der Waals surface area contributed by atoms with Crippen molar-refractivity contribution in [3.05, 3.63) is 46.8 Å². The number of amides is 1. The van der Waals surface area contributed by atoms with Gasteiger partial charge < -0.3 is 10.6 Å². The third kappa shape index (κ3) is 4.29. The largest absolute Gasteiger partial charge is 0.383 e. The summed E-state index contributed by atoms with van der Waals surface area (Å²) in [6.07, 6.45) is 1.02. The van der Waals surface area contributed by atoms with Gasteiger partial charge in [-0.2, -0.15) is 0 Å². The first kappa shape index (κ1) is 17.7. The smallest absolute Gasteiger partial charge is 0.233 e. The number of thioether (sulfide) groups is 1. The summed E-state index contributed by atoms with van der Waals surface area (Å²) >= 11 is 2.84.